The first kappa shape index (κ1) is 16.0. The van der Waals surface area contributed by atoms with E-state index in [9.17, 15) is 4.79 Å². The number of rotatable bonds is 6. The van der Waals surface area contributed by atoms with Crippen LogP contribution < -0.4 is 15.0 Å². The maximum absolute atomic E-state index is 12.1. The van der Waals surface area contributed by atoms with Crippen molar-refractivity contribution in [3.05, 3.63) is 65.2 Å². The number of methoxy groups -OCH3 is 1. The summed E-state index contributed by atoms with van der Waals surface area (Å²) < 4.78 is 5.13. The maximum atomic E-state index is 12.1. The van der Waals surface area contributed by atoms with Crippen molar-refractivity contribution in [2.45, 2.75) is 13.1 Å². The Morgan fingerprint density at radius 1 is 1.09 bits per heavy atom. The van der Waals surface area contributed by atoms with Crippen LogP contribution in [0.2, 0.25) is 0 Å². The van der Waals surface area contributed by atoms with Gasteiger partial charge in [0.05, 0.1) is 21.2 Å². The first-order valence-corrected chi connectivity index (χ1v) is 7.37. The van der Waals surface area contributed by atoms with E-state index >= 15 is 0 Å². The highest BCUT2D eigenvalue weighted by Gasteiger charge is 2.06. The highest BCUT2D eigenvalue weighted by Crippen LogP contribution is 2.12. The van der Waals surface area contributed by atoms with Gasteiger partial charge in [0.15, 0.2) is 0 Å². The van der Waals surface area contributed by atoms with Gasteiger partial charge in [-0.3, -0.25) is 4.79 Å². The lowest BCUT2D eigenvalue weighted by atomic mass is 10.1. The number of carbonyl (C=O) groups is 1. The third-order valence-corrected chi connectivity index (χ3v) is 3.37. The van der Waals surface area contributed by atoms with Gasteiger partial charge in [0.2, 0.25) is 0 Å². The SMILES string of the molecule is COc1cccc(C(=O)NCc2ccc(C[NH+](C)C)cc2)c1. The molecule has 116 valence electrons. The zero-order valence-corrected chi connectivity index (χ0v) is 13.3. The molecule has 0 aliphatic carbocycles. The molecule has 0 unspecified atom stereocenters. The summed E-state index contributed by atoms with van der Waals surface area (Å²) in [5, 5.41) is 2.93. The molecule has 0 saturated carbocycles. The molecule has 0 bridgehead atoms. The quantitative estimate of drug-likeness (QED) is 0.843. The second-order valence-electron chi connectivity index (χ2n) is 5.62. The summed E-state index contributed by atoms with van der Waals surface area (Å²) in [7, 11) is 5.85. The van der Waals surface area contributed by atoms with Crippen molar-refractivity contribution in [1.29, 1.82) is 0 Å². The Balaban J connectivity index is 1.93. The van der Waals surface area contributed by atoms with E-state index in [0.29, 0.717) is 17.9 Å². The Kier molecular flexibility index (Phi) is 5.55. The zero-order chi connectivity index (χ0) is 15.9. The van der Waals surface area contributed by atoms with Gasteiger partial charge in [-0.25, -0.2) is 0 Å². The molecule has 0 aromatic heterocycles. The summed E-state index contributed by atoms with van der Waals surface area (Å²) in [5.41, 5.74) is 2.99. The van der Waals surface area contributed by atoms with Crippen LogP contribution in [0.5, 0.6) is 5.75 Å². The lowest BCUT2D eigenvalue weighted by Crippen LogP contribution is -3.04. The molecule has 2 N–H and O–H groups in total. The van der Waals surface area contributed by atoms with Crippen molar-refractivity contribution in [3.8, 4) is 5.75 Å². The maximum Gasteiger partial charge on any atom is 0.251 e. The van der Waals surface area contributed by atoms with Crippen LogP contribution in [0.25, 0.3) is 0 Å². The number of quaternary nitrogens is 1. The van der Waals surface area contributed by atoms with Gasteiger partial charge in [0.25, 0.3) is 5.91 Å². The summed E-state index contributed by atoms with van der Waals surface area (Å²) >= 11 is 0. The number of carbonyl (C=O) groups excluding carboxylic acids is 1. The molecule has 0 radical (unpaired) electrons. The molecule has 0 heterocycles. The minimum atomic E-state index is -0.0966. The molecule has 2 aromatic carbocycles. The number of benzene rings is 2. The van der Waals surface area contributed by atoms with E-state index in [1.165, 1.54) is 10.5 Å². The fourth-order valence-electron chi connectivity index (χ4n) is 2.23. The summed E-state index contributed by atoms with van der Waals surface area (Å²) in [4.78, 5) is 13.5. The molecule has 4 heteroatoms. The molecule has 4 nitrogen and oxygen atoms in total. The molecule has 0 atom stereocenters. The Morgan fingerprint density at radius 3 is 2.41 bits per heavy atom. The van der Waals surface area contributed by atoms with Crippen molar-refractivity contribution in [1.82, 2.24) is 5.32 Å². The predicted octanol–water partition coefficient (Wildman–Crippen LogP) is 1.27. The zero-order valence-electron chi connectivity index (χ0n) is 13.3. The summed E-state index contributed by atoms with van der Waals surface area (Å²) in [6.45, 7) is 1.52. The Bertz CT molecular complexity index is 621. The molecular formula is C18H23N2O2+. The van der Waals surface area contributed by atoms with Gasteiger partial charge in [0, 0.05) is 17.7 Å². The van der Waals surface area contributed by atoms with E-state index in [2.05, 4.69) is 43.7 Å². The van der Waals surface area contributed by atoms with Gasteiger partial charge in [-0.1, -0.05) is 30.3 Å². The van der Waals surface area contributed by atoms with E-state index in [4.69, 9.17) is 4.74 Å². The van der Waals surface area contributed by atoms with Crippen LogP contribution in [-0.2, 0) is 13.1 Å². The Labute approximate surface area is 131 Å². The highest BCUT2D eigenvalue weighted by molar-refractivity contribution is 5.94. The van der Waals surface area contributed by atoms with Gasteiger partial charge >= 0.3 is 0 Å². The number of hydrogen-bond donors (Lipinski definition) is 2. The van der Waals surface area contributed by atoms with Crippen LogP contribution in [0.4, 0.5) is 0 Å². The number of hydrogen-bond acceptors (Lipinski definition) is 2. The second-order valence-corrected chi connectivity index (χ2v) is 5.62. The molecule has 0 aliphatic rings. The standard InChI is InChI=1S/C18H22N2O2/c1-20(2)13-15-9-7-14(8-10-15)12-19-18(21)16-5-4-6-17(11-16)22-3/h4-11H,12-13H2,1-3H3,(H,19,21)/p+1. The van der Waals surface area contributed by atoms with Crippen LogP contribution in [0.3, 0.4) is 0 Å². The Hall–Kier alpha value is -2.33. The van der Waals surface area contributed by atoms with Gasteiger partial charge in [-0.05, 0) is 23.8 Å². The van der Waals surface area contributed by atoms with Gasteiger partial charge in [0.1, 0.15) is 12.3 Å². The van der Waals surface area contributed by atoms with E-state index < -0.39 is 0 Å². The molecule has 2 rings (SSSR count). The number of ether oxygens (including phenoxy) is 1. The largest absolute Gasteiger partial charge is 0.497 e. The van der Waals surface area contributed by atoms with Crippen molar-refractivity contribution in [3.63, 3.8) is 0 Å². The highest BCUT2D eigenvalue weighted by atomic mass is 16.5. The van der Waals surface area contributed by atoms with E-state index in [-0.39, 0.29) is 5.91 Å². The minimum Gasteiger partial charge on any atom is -0.497 e. The van der Waals surface area contributed by atoms with Crippen molar-refractivity contribution in [2.75, 3.05) is 21.2 Å². The molecule has 1 amide bonds. The predicted molar refractivity (Wildman–Crippen MR) is 87.1 cm³/mol. The normalized spacial score (nSPS) is 10.5. The molecule has 22 heavy (non-hydrogen) atoms. The number of nitrogens with one attached hydrogen (secondary N) is 2. The minimum absolute atomic E-state index is 0.0966. The summed E-state index contributed by atoms with van der Waals surface area (Å²) in [6.07, 6.45) is 0. The van der Waals surface area contributed by atoms with Gasteiger partial charge < -0.3 is 15.0 Å². The van der Waals surface area contributed by atoms with Crippen LogP contribution in [0.15, 0.2) is 48.5 Å². The third-order valence-electron chi connectivity index (χ3n) is 3.37. The van der Waals surface area contributed by atoms with Crippen LogP contribution in [-0.4, -0.2) is 27.1 Å². The monoisotopic (exact) mass is 299 g/mol. The fourth-order valence-corrected chi connectivity index (χ4v) is 2.23. The lowest BCUT2D eigenvalue weighted by molar-refractivity contribution is -0.872. The molecule has 0 aliphatic heterocycles. The van der Waals surface area contributed by atoms with Crippen molar-refractivity contribution in [2.24, 2.45) is 0 Å². The van der Waals surface area contributed by atoms with Gasteiger partial charge in [-0.15, -0.1) is 0 Å². The van der Waals surface area contributed by atoms with E-state index in [1.54, 1.807) is 19.2 Å². The number of amides is 1. The molecule has 0 saturated heterocycles. The second kappa shape index (κ2) is 7.61. The Morgan fingerprint density at radius 2 is 1.77 bits per heavy atom. The average Bonchev–Trinajstić information content (AvgIpc) is 2.53. The van der Waals surface area contributed by atoms with Crippen LogP contribution >= 0.6 is 0 Å². The average molecular weight is 299 g/mol. The topological polar surface area (TPSA) is 42.8 Å². The van der Waals surface area contributed by atoms with E-state index in [0.717, 1.165) is 12.1 Å². The summed E-state index contributed by atoms with van der Waals surface area (Å²) in [6, 6.07) is 15.5. The third kappa shape index (κ3) is 4.60. The van der Waals surface area contributed by atoms with E-state index in [1.807, 2.05) is 12.1 Å². The first-order valence-electron chi connectivity index (χ1n) is 7.37. The lowest BCUT2D eigenvalue weighted by Gasteiger charge is -2.09. The first-order chi connectivity index (χ1) is 10.6. The van der Waals surface area contributed by atoms with Crippen LogP contribution in [0.1, 0.15) is 21.5 Å². The van der Waals surface area contributed by atoms with Gasteiger partial charge in [-0.2, -0.15) is 0 Å². The molecule has 0 spiro atoms. The molecule has 0 fully saturated rings. The fraction of sp³-hybridized carbons (Fsp3) is 0.278. The smallest absolute Gasteiger partial charge is 0.251 e. The van der Waals surface area contributed by atoms with Crippen molar-refractivity contribution < 1.29 is 14.4 Å². The molecular weight excluding hydrogens is 276 g/mol. The van der Waals surface area contributed by atoms with Crippen LogP contribution in [0, 0.1) is 0 Å². The molecule has 2 aromatic rings. The summed E-state index contributed by atoms with van der Waals surface area (Å²) in [5.74, 6) is 0.587. The van der Waals surface area contributed by atoms with Crippen molar-refractivity contribution >= 4 is 5.91 Å².